The molecule has 5 aromatic carbocycles. The van der Waals surface area contributed by atoms with Crippen molar-refractivity contribution >= 4 is 66.8 Å². The second-order valence-corrected chi connectivity index (χ2v) is 12.3. The maximum absolute atomic E-state index is 7.54. The molecule has 0 saturated carbocycles. The number of imidazole rings is 2. The number of aryl methyl sites for hydroxylation is 4. The molecule has 0 N–H and O–H groups in total. The maximum Gasteiger partial charge on any atom is 0.123 e. The van der Waals surface area contributed by atoms with Crippen LogP contribution in [0, 0.1) is 27.7 Å². The van der Waals surface area contributed by atoms with Crippen LogP contribution >= 0.6 is 11.6 Å². The number of hydrogen-bond acceptors (Lipinski definition) is 0. The molecular formula is C38H29ClN4. The molecule has 0 amide bonds. The number of benzene rings is 5. The van der Waals surface area contributed by atoms with Crippen LogP contribution < -0.4 is 0 Å². The van der Waals surface area contributed by atoms with Gasteiger partial charge in [0.2, 0.25) is 0 Å². The average Bonchev–Trinajstić information content (AvgIpc) is 3.71. The maximum atomic E-state index is 7.54. The van der Waals surface area contributed by atoms with Crippen molar-refractivity contribution in [2.24, 2.45) is 0 Å². The van der Waals surface area contributed by atoms with E-state index < -0.39 is 0 Å². The number of halogens is 1. The molecule has 4 aromatic heterocycles. The van der Waals surface area contributed by atoms with E-state index in [9.17, 15) is 0 Å². The summed E-state index contributed by atoms with van der Waals surface area (Å²) in [5.74, 6) is 0. The van der Waals surface area contributed by atoms with Crippen molar-refractivity contribution in [2.75, 3.05) is 0 Å². The first-order valence-electron chi connectivity index (χ1n) is 14.7. The number of fused-ring (bicyclic) bond motifs is 10. The van der Waals surface area contributed by atoms with Gasteiger partial charge in [0, 0.05) is 10.8 Å². The molecule has 0 bridgehead atoms. The molecule has 0 aliphatic rings. The van der Waals surface area contributed by atoms with Crippen LogP contribution in [-0.4, -0.2) is 17.9 Å². The topological polar surface area (TPSA) is 18.7 Å². The monoisotopic (exact) mass is 576 g/mol. The molecule has 208 valence electrons. The largest absolute Gasteiger partial charge is 0.293 e. The molecule has 5 heteroatoms. The second-order valence-electron chi connectivity index (χ2n) is 12.0. The zero-order valence-corrected chi connectivity index (χ0v) is 25.2. The molecule has 0 radical (unpaired) electrons. The lowest BCUT2D eigenvalue weighted by atomic mass is 10.1. The Bertz CT molecular complexity index is 2440. The highest BCUT2D eigenvalue weighted by atomic mass is 35.5. The molecule has 4 heterocycles. The van der Waals surface area contributed by atoms with Crippen LogP contribution in [0.3, 0.4) is 0 Å². The third-order valence-corrected chi connectivity index (χ3v) is 9.52. The molecule has 9 aromatic rings. The molecule has 0 saturated heterocycles. The van der Waals surface area contributed by atoms with E-state index in [0.717, 1.165) is 44.7 Å². The smallest absolute Gasteiger partial charge is 0.123 e. The lowest BCUT2D eigenvalue weighted by molar-refractivity contribution is 1.11. The summed E-state index contributed by atoms with van der Waals surface area (Å²) in [6.45, 7) is 8.73. The van der Waals surface area contributed by atoms with Crippen LogP contribution in [0.1, 0.15) is 22.3 Å². The van der Waals surface area contributed by atoms with Crippen LogP contribution in [0.5, 0.6) is 0 Å². The Morgan fingerprint density at radius 2 is 0.860 bits per heavy atom. The van der Waals surface area contributed by atoms with E-state index in [1.165, 1.54) is 44.1 Å². The van der Waals surface area contributed by atoms with Crippen LogP contribution in [0.25, 0.3) is 66.5 Å². The fourth-order valence-electron chi connectivity index (χ4n) is 7.42. The summed E-state index contributed by atoms with van der Waals surface area (Å²) in [6, 6.07) is 37.3. The number of aromatic nitrogens is 4. The SMILES string of the molecule is Cc1cc(C)c2cc3n(-c4cccc(-n5c6ccccc6n6c7cc(C)cc(C)c7cc56)c4Cl)c4ccccc4n3c2c1. The van der Waals surface area contributed by atoms with Gasteiger partial charge >= 0.3 is 0 Å². The van der Waals surface area contributed by atoms with E-state index >= 15 is 0 Å². The molecule has 0 atom stereocenters. The molecule has 0 aliphatic heterocycles. The van der Waals surface area contributed by atoms with Gasteiger partial charge in [0.25, 0.3) is 0 Å². The first kappa shape index (κ1) is 24.6. The third-order valence-electron chi connectivity index (χ3n) is 9.13. The van der Waals surface area contributed by atoms with Gasteiger partial charge in [0.1, 0.15) is 11.3 Å². The lowest BCUT2D eigenvalue weighted by Crippen LogP contribution is -2.00. The van der Waals surface area contributed by atoms with Crippen molar-refractivity contribution in [1.29, 1.82) is 0 Å². The van der Waals surface area contributed by atoms with E-state index in [2.05, 4.69) is 149 Å². The fraction of sp³-hybridized carbons (Fsp3) is 0.105. The predicted octanol–water partition coefficient (Wildman–Crippen LogP) is 10.3. The van der Waals surface area contributed by atoms with Gasteiger partial charge in [-0.25, -0.2) is 0 Å². The predicted molar refractivity (Wildman–Crippen MR) is 181 cm³/mol. The van der Waals surface area contributed by atoms with Gasteiger partial charge in [-0.05, 0) is 111 Å². The van der Waals surface area contributed by atoms with Crippen molar-refractivity contribution in [3.05, 3.63) is 130 Å². The highest BCUT2D eigenvalue weighted by Gasteiger charge is 2.22. The van der Waals surface area contributed by atoms with Gasteiger partial charge in [-0.1, -0.05) is 54.1 Å². The number of rotatable bonds is 2. The van der Waals surface area contributed by atoms with Crippen molar-refractivity contribution in [3.8, 4) is 11.4 Å². The first-order valence-corrected chi connectivity index (χ1v) is 15.1. The fourth-order valence-corrected chi connectivity index (χ4v) is 7.71. The van der Waals surface area contributed by atoms with Crippen molar-refractivity contribution in [1.82, 2.24) is 17.9 Å². The van der Waals surface area contributed by atoms with Gasteiger partial charge in [-0.15, -0.1) is 0 Å². The van der Waals surface area contributed by atoms with Crippen molar-refractivity contribution < 1.29 is 0 Å². The van der Waals surface area contributed by atoms with E-state index in [4.69, 9.17) is 11.6 Å². The van der Waals surface area contributed by atoms with Gasteiger partial charge in [0.15, 0.2) is 0 Å². The zero-order chi connectivity index (χ0) is 29.1. The van der Waals surface area contributed by atoms with Crippen LogP contribution in [0.15, 0.2) is 103 Å². The lowest BCUT2D eigenvalue weighted by Gasteiger charge is -2.14. The minimum absolute atomic E-state index is 0.713. The molecule has 43 heavy (non-hydrogen) atoms. The molecule has 4 nitrogen and oxygen atoms in total. The van der Waals surface area contributed by atoms with E-state index in [1.807, 2.05) is 0 Å². The minimum atomic E-state index is 0.713. The summed E-state index contributed by atoms with van der Waals surface area (Å²) in [6.07, 6.45) is 0. The molecule has 0 aliphatic carbocycles. The van der Waals surface area contributed by atoms with E-state index in [-0.39, 0.29) is 0 Å². The molecule has 0 spiro atoms. The number of hydrogen-bond donors (Lipinski definition) is 0. The Morgan fingerprint density at radius 3 is 1.30 bits per heavy atom. The minimum Gasteiger partial charge on any atom is -0.293 e. The van der Waals surface area contributed by atoms with Crippen molar-refractivity contribution in [3.63, 3.8) is 0 Å². The third kappa shape index (κ3) is 3.22. The highest BCUT2D eigenvalue weighted by Crippen LogP contribution is 2.39. The van der Waals surface area contributed by atoms with Gasteiger partial charge in [0.05, 0.1) is 49.5 Å². The Labute approximate surface area is 253 Å². The van der Waals surface area contributed by atoms with Gasteiger partial charge < -0.3 is 0 Å². The summed E-state index contributed by atoms with van der Waals surface area (Å²) in [4.78, 5) is 0. The van der Waals surface area contributed by atoms with Crippen LogP contribution in [0.2, 0.25) is 5.02 Å². The summed E-state index contributed by atoms with van der Waals surface area (Å²) >= 11 is 7.54. The first-order chi connectivity index (χ1) is 20.9. The Balaban J connectivity index is 1.40. The quantitative estimate of drug-likeness (QED) is 0.195. The summed E-state index contributed by atoms with van der Waals surface area (Å²) in [7, 11) is 0. The second kappa shape index (κ2) is 8.56. The standard InChI is InChI=1S/C38H29ClN4/c1-22-16-24(3)26-20-36-40(28-10-5-7-12-30(28)42(36)34(26)18-22)32-14-9-15-33(38(32)39)41-29-11-6-8-13-31(29)43-35-19-23(2)17-25(4)27(35)21-37(41)43/h5-21H,1-4H3. The molecule has 0 fully saturated rings. The molecule has 9 rings (SSSR count). The van der Waals surface area contributed by atoms with Crippen LogP contribution in [-0.2, 0) is 0 Å². The Morgan fingerprint density at radius 1 is 0.442 bits per heavy atom. The Kier molecular flexibility index (Phi) is 4.91. The zero-order valence-electron chi connectivity index (χ0n) is 24.5. The normalized spacial score (nSPS) is 12.3. The van der Waals surface area contributed by atoms with E-state index in [1.54, 1.807) is 0 Å². The van der Waals surface area contributed by atoms with Crippen LogP contribution in [0.4, 0.5) is 0 Å². The number of nitrogens with zero attached hydrogens (tertiary/aromatic N) is 4. The molecule has 0 unspecified atom stereocenters. The van der Waals surface area contributed by atoms with E-state index in [0.29, 0.717) is 5.02 Å². The molecular weight excluding hydrogens is 548 g/mol. The number of para-hydroxylation sites is 4. The van der Waals surface area contributed by atoms with Gasteiger partial charge in [-0.3, -0.25) is 17.9 Å². The average molecular weight is 577 g/mol. The summed E-state index contributed by atoms with van der Waals surface area (Å²) < 4.78 is 9.39. The Hall–Kier alpha value is -4.93. The van der Waals surface area contributed by atoms with Crippen molar-refractivity contribution in [2.45, 2.75) is 27.7 Å². The van der Waals surface area contributed by atoms with Gasteiger partial charge in [-0.2, -0.15) is 0 Å². The summed E-state index contributed by atoms with van der Waals surface area (Å²) in [5.41, 5.74) is 16.2. The summed E-state index contributed by atoms with van der Waals surface area (Å²) in [5, 5.41) is 3.23. The highest BCUT2D eigenvalue weighted by molar-refractivity contribution is 6.34.